The van der Waals surface area contributed by atoms with E-state index >= 15 is 8.78 Å². The molecule has 1 aliphatic rings. The van der Waals surface area contributed by atoms with Crippen LogP contribution < -0.4 is 5.73 Å². The standard InChI is InChI=1S/C22H23F3NO2Si/c1-4-28-17(27)10-22(26,29)19-20(24)14(13-6-7-13)9-15(21(19)25)18-11(2)5-8-16(23)12(18)3/h5,8-9,13H,4,6-7,10,26H2,1-3H3/t22-/m0/s1. The lowest BCUT2D eigenvalue weighted by molar-refractivity contribution is -0.143. The van der Waals surface area contributed by atoms with Gasteiger partial charge in [0.25, 0.3) is 0 Å². The smallest absolute Gasteiger partial charge is 0.307 e. The lowest BCUT2D eigenvalue weighted by Crippen LogP contribution is -2.42. The normalized spacial score (nSPS) is 15.9. The Balaban J connectivity index is 2.26. The Hall–Kier alpha value is -2.12. The Morgan fingerprint density at radius 3 is 2.48 bits per heavy atom. The van der Waals surface area contributed by atoms with Crippen LogP contribution in [0.1, 0.15) is 54.4 Å². The summed E-state index contributed by atoms with van der Waals surface area (Å²) in [6.07, 6.45) is 1.10. The molecular weight excluding hydrogens is 395 g/mol. The first kappa shape index (κ1) is 21.6. The molecule has 29 heavy (non-hydrogen) atoms. The molecule has 2 aromatic carbocycles. The summed E-state index contributed by atoms with van der Waals surface area (Å²) in [6.45, 7) is 5.05. The monoisotopic (exact) mass is 418 g/mol. The number of aryl methyl sites for hydroxylation is 1. The van der Waals surface area contributed by atoms with Gasteiger partial charge in [-0.15, -0.1) is 0 Å². The van der Waals surface area contributed by atoms with Gasteiger partial charge in [0.05, 0.1) is 23.3 Å². The van der Waals surface area contributed by atoms with E-state index < -0.39 is 40.6 Å². The highest BCUT2D eigenvalue weighted by molar-refractivity contribution is 6.17. The zero-order valence-corrected chi connectivity index (χ0v) is 17.7. The fourth-order valence-electron chi connectivity index (χ4n) is 3.69. The zero-order valence-electron chi connectivity index (χ0n) is 16.7. The first-order chi connectivity index (χ1) is 13.6. The van der Waals surface area contributed by atoms with Crippen LogP contribution >= 0.6 is 0 Å². The molecular formula is C22H23F3NO2Si. The van der Waals surface area contributed by atoms with Gasteiger partial charge in [0.1, 0.15) is 17.5 Å². The Labute approximate surface area is 171 Å². The van der Waals surface area contributed by atoms with Crippen molar-refractivity contribution < 1.29 is 22.7 Å². The molecule has 1 aliphatic carbocycles. The minimum atomic E-state index is -1.81. The maximum atomic E-state index is 15.7. The number of rotatable bonds is 6. The van der Waals surface area contributed by atoms with Crippen molar-refractivity contribution >= 4 is 16.2 Å². The Bertz CT molecular complexity index is 971. The van der Waals surface area contributed by atoms with E-state index in [1.807, 2.05) is 0 Å². The zero-order chi connectivity index (χ0) is 21.5. The summed E-state index contributed by atoms with van der Waals surface area (Å²) in [5.41, 5.74) is 7.43. The fourth-order valence-corrected chi connectivity index (χ4v) is 4.05. The summed E-state index contributed by atoms with van der Waals surface area (Å²) in [5.74, 6) is -2.90. The average Bonchev–Trinajstić information content (AvgIpc) is 3.44. The minimum absolute atomic E-state index is 0.0488. The van der Waals surface area contributed by atoms with Crippen LogP contribution in [0, 0.1) is 31.3 Å². The second-order valence-electron chi connectivity index (χ2n) is 7.61. The minimum Gasteiger partial charge on any atom is -0.466 e. The van der Waals surface area contributed by atoms with E-state index in [0.717, 1.165) is 12.8 Å². The van der Waals surface area contributed by atoms with E-state index in [2.05, 4.69) is 10.2 Å². The van der Waals surface area contributed by atoms with E-state index in [4.69, 9.17) is 10.5 Å². The van der Waals surface area contributed by atoms with Crippen LogP contribution in [0.5, 0.6) is 0 Å². The molecule has 1 atom stereocenters. The third kappa shape index (κ3) is 4.11. The Morgan fingerprint density at radius 2 is 1.90 bits per heavy atom. The van der Waals surface area contributed by atoms with Gasteiger partial charge in [-0.2, -0.15) is 0 Å². The first-order valence-electron chi connectivity index (χ1n) is 9.56. The first-order valence-corrected chi connectivity index (χ1v) is 10.1. The van der Waals surface area contributed by atoms with Gasteiger partial charge in [-0.25, -0.2) is 13.2 Å². The van der Waals surface area contributed by atoms with E-state index in [1.165, 1.54) is 12.1 Å². The van der Waals surface area contributed by atoms with Gasteiger partial charge in [0.2, 0.25) is 0 Å². The number of benzene rings is 2. The Kier molecular flexibility index (Phi) is 5.92. The maximum Gasteiger partial charge on any atom is 0.307 e. The third-order valence-corrected chi connectivity index (χ3v) is 5.72. The number of hydrogen-bond donors (Lipinski definition) is 1. The van der Waals surface area contributed by atoms with Gasteiger partial charge in [0, 0.05) is 16.3 Å². The van der Waals surface area contributed by atoms with Gasteiger partial charge < -0.3 is 10.5 Å². The van der Waals surface area contributed by atoms with Crippen molar-refractivity contribution in [3.8, 4) is 11.1 Å². The van der Waals surface area contributed by atoms with Crippen LogP contribution in [0.4, 0.5) is 13.2 Å². The molecule has 1 saturated carbocycles. The molecule has 3 nitrogen and oxygen atoms in total. The summed E-state index contributed by atoms with van der Waals surface area (Å²) in [7, 11) is 3.21. The molecule has 3 radical (unpaired) electrons. The molecule has 2 N–H and O–H groups in total. The third-order valence-electron chi connectivity index (χ3n) is 5.30. The quantitative estimate of drug-likeness (QED) is 0.555. The second kappa shape index (κ2) is 7.95. The highest BCUT2D eigenvalue weighted by Crippen LogP contribution is 2.46. The number of hydrogen-bond acceptors (Lipinski definition) is 3. The molecule has 0 amide bonds. The van der Waals surface area contributed by atoms with Crippen molar-refractivity contribution in [1.82, 2.24) is 0 Å². The number of ether oxygens (including phenoxy) is 1. The van der Waals surface area contributed by atoms with Crippen molar-refractivity contribution in [3.05, 3.63) is 57.9 Å². The summed E-state index contributed by atoms with van der Waals surface area (Å²) in [6, 6.07) is 4.32. The SMILES string of the molecule is CCOC(=O)C[C@](N)([Si])c1c(F)c(-c2c(C)ccc(F)c2C)cc(C2CC2)c1F. The highest BCUT2D eigenvalue weighted by Gasteiger charge is 2.38. The van der Waals surface area contributed by atoms with Crippen molar-refractivity contribution in [2.45, 2.75) is 51.1 Å². The van der Waals surface area contributed by atoms with Crippen LogP contribution in [0.2, 0.25) is 0 Å². The second-order valence-corrected chi connectivity index (χ2v) is 8.50. The molecule has 3 rings (SSSR count). The topological polar surface area (TPSA) is 52.3 Å². The van der Waals surface area contributed by atoms with Crippen LogP contribution in [0.3, 0.4) is 0 Å². The maximum absolute atomic E-state index is 15.7. The van der Waals surface area contributed by atoms with Crippen molar-refractivity contribution in [3.63, 3.8) is 0 Å². The van der Waals surface area contributed by atoms with Gasteiger partial charge in [-0.05, 0) is 73.9 Å². The highest BCUT2D eigenvalue weighted by atomic mass is 28.1. The van der Waals surface area contributed by atoms with Gasteiger partial charge in [-0.1, -0.05) is 6.07 Å². The number of halogens is 3. The molecule has 0 saturated heterocycles. The lowest BCUT2D eigenvalue weighted by Gasteiger charge is -2.28. The van der Waals surface area contributed by atoms with Crippen molar-refractivity contribution in [1.29, 1.82) is 0 Å². The van der Waals surface area contributed by atoms with E-state index in [1.54, 1.807) is 26.8 Å². The van der Waals surface area contributed by atoms with Crippen LogP contribution in [-0.2, 0) is 14.7 Å². The summed E-state index contributed by atoms with van der Waals surface area (Å²) in [5, 5.41) is -1.81. The van der Waals surface area contributed by atoms with Crippen molar-refractivity contribution in [2.75, 3.05) is 6.61 Å². The van der Waals surface area contributed by atoms with E-state index in [0.29, 0.717) is 16.7 Å². The van der Waals surface area contributed by atoms with E-state index in [9.17, 15) is 9.18 Å². The summed E-state index contributed by atoms with van der Waals surface area (Å²) >= 11 is 0. The largest absolute Gasteiger partial charge is 0.466 e. The van der Waals surface area contributed by atoms with Gasteiger partial charge >= 0.3 is 5.97 Å². The molecule has 153 valence electrons. The number of nitrogens with two attached hydrogens (primary N) is 1. The predicted molar refractivity (Wildman–Crippen MR) is 106 cm³/mol. The summed E-state index contributed by atoms with van der Waals surface area (Å²) in [4.78, 5) is 12.0. The molecule has 0 aliphatic heterocycles. The summed E-state index contributed by atoms with van der Waals surface area (Å²) < 4.78 is 50.2. The number of esters is 1. The van der Waals surface area contributed by atoms with Crippen molar-refractivity contribution in [2.24, 2.45) is 5.73 Å². The molecule has 0 spiro atoms. The molecule has 0 heterocycles. The van der Waals surface area contributed by atoms with Gasteiger partial charge in [-0.3, -0.25) is 4.79 Å². The van der Waals surface area contributed by atoms with Crippen LogP contribution in [0.25, 0.3) is 11.1 Å². The predicted octanol–water partition coefficient (Wildman–Crippen LogP) is 4.50. The molecule has 7 heteroatoms. The molecule has 0 aromatic heterocycles. The fraction of sp³-hybridized carbons (Fsp3) is 0.409. The van der Waals surface area contributed by atoms with Crippen LogP contribution in [0.15, 0.2) is 18.2 Å². The molecule has 0 unspecified atom stereocenters. The molecule has 2 aromatic rings. The Morgan fingerprint density at radius 1 is 1.24 bits per heavy atom. The lowest BCUT2D eigenvalue weighted by atomic mass is 9.88. The molecule has 1 fully saturated rings. The van der Waals surface area contributed by atoms with Gasteiger partial charge in [0.15, 0.2) is 0 Å². The van der Waals surface area contributed by atoms with E-state index in [-0.39, 0.29) is 23.7 Å². The van der Waals surface area contributed by atoms with Crippen LogP contribution in [-0.4, -0.2) is 22.8 Å². The number of carbonyl (C=O) groups is 1. The average molecular weight is 419 g/mol. The molecule has 0 bridgehead atoms. The number of carbonyl (C=O) groups excluding carboxylic acids is 1.